The summed E-state index contributed by atoms with van der Waals surface area (Å²) in [6.07, 6.45) is 2.60. The highest BCUT2D eigenvalue weighted by molar-refractivity contribution is 5.85. The lowest BCUT2D eigenvalue weighted by Crippen LogP contribution is -2.50. The third kappa shape index (κ3) is 6.08. The number of β-amino-alcohol motifs (C(OH)–C–C–N with tert-alkyl or cyclic N) is 1. The Morgan fingerprint density at radius 3 is 2.14 bits per heavy atom. The highest BCUT2D eigenvalue weighted by Crippen LogP contribution is 2.30. The maximum Gasteiger partial charge on any atom is 0.160 e. The van der Waals surface area contributed by atoms with E-state index in [1.165, 1.54) is 30.6 Å². The van der Waals surface area contributed by atoms with Gasteiger partial charge in [-0.25, -0.2) is 18.7 Å². The van der Waals surface area contributed by atoms with E-state index in [2.05, 4.69) is 30.0 Å². The van der Waals surface area contributed by atoms with Crippen molar-refractivity contribution in [2.45, 2.75) is 12.1 Å². The molecule has 0 spiro atoms. The monoisotopic (exact) mass is 511 g/mol. The molecule has 1 aliphatic rings. The van der Waals surface area contributed by atoms with Crippen LogP contribution in [0.15, 0.2) is 61.1 Å². The molecule has 1 atom stereocenters. The number of halogens is 2. The SMILES string of the molecule is CN(CC(O)CN1CCN(C(c2ccc(F)cc2)c2ccc(F)cc2)CC1)c1ncnc2[nH]ncc12.O. The van der Waals surface area contributed by atoms with Crippen LogP contribution in [0.3, 0.4) is 0 Å². The van der Waals surface area contributed by atoms with E-state index in [4.69, 9.17) is 0 Å². The molecule has 0 aliphatic carbocycles. The standard InChI is InChI=1S/C26H29F2N7O.H2O/c1-33(26-23-14-31-32-25(23)29-17-30-26)15-22(36)16-34-10-12-35(13-11-34)24(18-2-6-20(27)7-3-18)19-4-8-21(28)9-5-19;/h2-9,14,17,22,24,36H,10-13,15-16H2,1H3,(H,29,30,31,32);1H2. The Morgan fingerprint density at radius 1 is 0.946 bits per heavy atom. The molecule has 2 aromatic heterocycles. The predicted octanol–water partition coefficient (Wildman–Crippen LogP) is 2.01. The normalized spacial score (nSPS) is 15.6. The van der Waals surface area contributed by atoms with Crippen LogP contribution in [-0.2, 0) is 0 Å². The molecule has 9 nitrogen and oxygen atoms in total. The fourth-order valence-corrected chi connectivity index (χ4v) is 4.92. The number of piperazine rings is 1. The third-order valence-electron chi connectivity index (χ3n) is 6.69. The number of aromatic amines is 1. The number of H-pyrrole nitrogens is 1. The molecule has 4 N–H and O–H groups in total. The maximum absolute atomic E-state index is 13.6. The van der Waals surface area contributed by atoms with E-state index in [0.717, 1.165) is 48.5 Å². The van der Waals surface area contributed by atoms with E-state index in [9.17, 15) is 13.9 Å². The molecule has 0 amide bonds. The van der Waals surface area contributed by atoms with Crippen LogP contribution in [0.1, 0.15) is 17.2 Å². The molecule has 37 heavy (non-hydrogen) atoms. The molecule has 2 aromatic carbocycles. The highest BCUT2D eigenvalue weighted by atomic mass is 19.1. The van der Waals surface area contributed by atoms with E-state index in [-0.39, 0.29) is 23.2 Å². The van der Waals surface area contributed by atoms with E-state index >= 15 is 0 Å². The third-order valence-corrected chi connectivity index (χ3v) is 6.69. The van der Waals surface area contributed by atoms with Gasteiger partial charge >= 0.3 is 0 Å². The number of hydrogen-bond acceptors (Lipinski definition) is 7. The zero-order valence-corrected chi connectivity index (χ0v) is 20.6. The lowest BCUT2D eigenvalue weighted by molar-refractivity contribution is 0.0653. The molecule has 0 radical (unpaired) electrons. The first-order chi connectivity index (χ1) is 17.5. The van der Waals surface area contributed by atoms with Gasteiger partial charge in [-0.2, -0.15) is 5.10 Å². The number of aliphatic hydroxyl groups is 1. The topological polar surface area (TPSA) is 116 Å². The lowest BCUT2D eigenvalue weighted by Gasteiger charge is -2.40. The van der Waals surface area contributed by atoms with Gasteiger partial charge in [0.05, 0.1) is 23.7 Å². The second kappa shape index (κ2) is 11.7. The first-order valence-electron chi connectivity index (χ1n) is 12.0. The molecule has 196 valence electrons. The van der Waals surface area contributed by atoms with Crippen molar-refractivity contribution >= 4 is 16.9 Å². The average Bonchev–Trinajstić information content (AvgIpc) is 3.36. The number of nitrogens with one attached hydrogen (secondary N) is 1. The van der Waals surface area contributed by atoms with Gasteiger partial charge in [-0.15, -0.1) is 0 Å². The summed E-state index contributed by atoms with van der Waals surface area (Å²) in [7, 11) is 1.89. The summed E-state index contributed by atoms with van der Waals surface area (Å²) in [6, 6.07) is 12.9. The minimum atomic E-state index is -0.566. The van der Waals surface area contributed by atoms with Crippen LogP contribution >= 0.6 is 0 Å². The van der Waals surface area contributed by atoms with Crippen LogP contribution in [0.2, 0.25) is 0 Å². The van der Waals surface area contributed by atoms with Crippen molar-refractivity contribution in [2.24, 2.45) is 0 Å². The van der Waals surface area contributed by atoms with Crippen molar-refractivity contribution in [2.75, 3.05) is 51.2 Å². The Balaban J connectivity index is 0.00000320. The molecule has 1 aliphatic heterocycles. The number of anilines is 1. The molecular weight excluding hydrogens is 480 g/mol. The molecule has 0 bridgehead atoms. The average molecular weight is 512 g/mol. The first-order valence-corrected chi connectivity index (χ1v) is 12.0. The molecule has 3 heterocycles. The van der Waals surface area contributed by atoms with E-state index in [0.29, 0.717) is 18.7 Å². The Labute approximate surface area is 213 Å². The number of likely N-dealkylation sites (N-methyl/N-ethyl adjacent to an activating group) is 1. The molecule has 0 saturated carbocycles. The van der Waals surface area contributed by atoms with Crippen LogP contribution in [0.5, 0.6) is 0 Å². The molecule has 1 saturated heterocycles. The first kappa shape index (κ1) is 26.6. The Kier molecular flexibility index (Phi) is 8.39. The molecule has 11 heteroatoms. The van der Waals surface area contributed by atoms with Gasteiger partial charge in [0.2, 0.25) is 0 Å². The summed E-state index contributed by atoms with van der Waals surface area (Å²) in [5, 5.41) is 18.5. The van der Waals surface area contributed by atoms with Crippen molar-refractivity contribution < 1.29 is 19.4 Å². The van der Waals surface area contributed by atoms with Crippen LogP contribution in [0.4, 0.5) is 14.6 Å². The fourth-order valence-electron chi connectivity index (χ4n) is 4.92. The number of hydrogen-bond donors (Lipinski definition) is 2. The van der Waals surface area contributed by atoms with E-state index < -0.39 is 6.10 Å². The Morgan fingerprint density at radius 2 is 1.54 bits per heavy atom. The number of aromatic nitrogens is 4. The maximum atomic E-state index is 13.6. The van der Waals surface area contributed by atoms with Gasteiger partial charge in [0, 0.05) is 46.3 Å². The number of nitrogens with zero attached hydrogens (tertiary/aromatic N) is 6. The highest BCUT2D eigenvalue weighted by Gasteiger charge is 2.27. The Bertz CT molecular complexity index is 1230. The molecule has 5 rings (SSSR count). The van der Waals surface area contributed by atoms with Gasteiger partial charge in [-0.3, -0.25) is 14.9 Å². The summed E-state index contributed by atoms with van der Waals surface area (Å²) >= 11 is 0. The summed E-state index contributed by atoms with van der Waals surface area (Å²) in [6.45, 7) is 4.05. The lowest BCUT2D eigenvalue weighted by atomic mass is 9.96. The number of fused-ring (bicyclic) bond motifs is 1. The number of rotatable bonds is 8. The molecular formula is C26H31F2N7O2. The van der Waals surface area contributed by atoms with Gasteiger partial charge in [0.15, 0.2) is 5.65 Å². The van der Waals surface area contributed by atoms with Crippen LogP contribution < -0.4 is 4.90 Å². The van der Waals surface area contributed by atoms with Crippen molar-refractivity contribution in [3.63, 3.8) is 0 Å². The second-order valence-corrected chi connectivity index (χ2v) is 9.21. The van der Waals surface area contributed by atoms with Crippen molar-refractivity contribution in [3.8, 4) is 0 Å². The van der Waals surface area contributed by atoms with Crippen LogP contribution in [0, 0.1) is 11.6 Å². The van der Waals surface area contributed by atoms with E-state index in [1.807, 2.05) is 11.9 Å². The summed E-state index contributed by atoms with van der Waals surface area (Å²) in [4.78, 5) is 15.0. The van der Waals surface area contributed by atoms with Gasteiger partial charge in [-0.05, 0) is 35.4 Å². The van der Waals surface area contributed by atoms with Gasteiger partial charge in [0.1, 0.15) is 23.8 Å². The summed E-state index contributed by atoms with van der Waals surface area (Å²) in [5.74, 6) is 0.158. The predicted molar refractivity (Wildman–Crippen MR) is 137 cm³/mol. The fraction of sp³-hybridized carbons (Fsp3) is 0.346. The summed E-state index contributed by atoms with van der Waals surface area (Å²) < 4.78 is 27.1. The second-order valence-electron chi connectivity index (χ2n) is 9.21. The summed E-state index contributed by atoms with van der Waals surface area (Å²) in [5.41, 5.74) is 2.59. The zero-order chi connectivity index (χ0) is 25.1. The van der Waals surface area contributed by atoms with Gasteiger partial charge < -0.3 is 15.5 Å². The van der Waals surface area contributed by atoms with Crippen molar-refractivity contribution in [3.05, 3.63) is 83.8 Å². The van der Waals surface area contributed by atoms with Gasteiger partial charge in [0.25, 0.3) is 0 Å². The number of benzene rings is 2. The minimum absolute atomic E-state index is 0. The van der Waals surface area contributed by atoms with Crippen LogP contribution in [-0.4, -0.2) is 93.0 Å². The number of aliphatic hydroxyl groups excluding tert-OH is 1. The minimum Gasteiger partial charge on any atom is -0.412 e. The smallest absolute Gasteiger partial charge is 0.160 e. The van der Waals surface area contributed by atoms with E-state index in [1.54, 1.807) is 30.5 Å². The zero-order valence-electron chi connectivity index (χ0n) is 20.6. The van der Waals surface area contributed by atoms with Crippen molar-refractivity contribution in [1.29, 1.82) is 0 Å². The van der Waals surface area contributed by atoms with Gasteiger partial charge in [-0.1, -0.05) is 24.3 Å². The Hall–Kier alpha value is -3.51. The molecule has 1 unspecified atom stereocenters. The molecule has 4 aromatic rings. The quantitative estimate of drug-likeness (QED) is 0.372. The molecule has 1 fully saturated rings. The van der Waals surface area contributed by atoms with Crippen molar-refractivity contribution in [1.82, 2.24) is 30.0 Å². The largest absolute Gasteiger partial charge is 0.412 e. The van der Waals surface area contributed by atoms with Crippen LogP contribution in [0.25, 0.3) is 11.0 Å².